The summed E-state index contributed by atoms with van der Waals surface area (Å²) in [5.41, 5.74) is 4.61. The molecule has 370 valence electrons. The van der Waals surface area contributed by atoms with Gasteiger partial charge < -0.3 is 27.6 Å². The van der Waals surface area contributed by atoms with Crippen LogP contribution in [0.3, 0.4) is 0 Å². The molecule has 13 nitrogen and oxygen atoms in total. The number of aromatic nitrogens is 6. The molecule has 4 aromatic carbocycles. The van der Waals surface area contributed by atoms with Gasteiger partial charge in [-0.15, -0.1) is 0 Å². The monoisotopic (exact) mass is 948 g/mol. The molecule has 7 aromatic rings. The topological polar surface area (TPSA) is 113 Å². The number of unbranched alkanes of at least 4 members (excludes halogenated alkanes) is 7. The van der Waals surface area contributed by atoms with E-state index in [9.17, 15) is 19.2 Å². The van der Waals surface area contributed by atoms with E-state index in [0.29, 0.717) is 35.3 Å². The number of nitrogens with zero attached hydrogens (tertiary/aromatic N) is 8. The molecule has 0 saturated heterocycles. The molecule has 70 heavy (non-hydrogen) atoms. The van der Waals surface area contributed by atoms with E-state index in [1.54, 1.807) is 0 Å². The van der Waals surface area contributed by atoms with Crippen molar-refractivity contribution in [2.45, 2.75) is 103 Å². The van der Waals surface area contributed by atoms with Crippen molar-refractivity contribution in [3.63, 3.8) is 0 Å². The Bertz CT molecular complexity index is 2690. The number of nitrogens with one attached hydrogen (secondary N) is 1. The van der Waals surface area contributed by atoms with Gasteiger partial charge in [-0.1, -0.05) is 43.2 Å². The molecule has 9 rings (SSSR count). The highest BCUT2D eigenvalue weighted by atomic mass is 16.2. The minimum atomic E-state index is -0.205. The van der Waals surface area contributed by atoms with E-state index in [0.717, 1.165) is 137 Å². The first-order valence-corrected chi connectivity index (χ1v) is 24.4. The first kappa shape index (κ1) is 52.5. The second-order valence-corrected chi connectivity index (χ2v) is 18.5. The SMILES string of the molecule is C[n+]1ccn(CCCCc2ccc3c4c(cccc24)C(=O)N(CCCCCC[n+]2ccn(CCCCCCN4C(=O)c5cccc6c(NCCCn7cc[n+](C)c7)ccc(c56)C4=O)c2)C3=O)c1.[CH3-].[CH3-].[CH3-]. The molecule has 2 aliphatic rings. The van der Waals surface area contributed by atoms with Crippen molar-refractivity contribution in [2.75, 3.05) is 25.0 Å². The number of benzene rings is 4. The molecule has 0 fully saturated rings. The van der Waals surface area contributed by atoms with Crippen LogP contribution in [0.2, 0.25) is 0 Å². The summed E-state index contributed by atoms with van der Waals surface area (Å²) in [5, 5.41) is 7.04. The van der Waals surface area contributed by atoms with Gasteiger partial charge in [0, 0.05) is 70.2 Å². The van der Waals surface area contributed by atoms with Crippen LogP contribution in [0.1, 0.15) is 118 Å². The molecule has 0 atom stereocenters. The molecule has 0 saturated carbocycles. The van der Waals surface area contributed by atoms with E-state index in [1.807, 2.05) is 84.2 Å². The Hall–Kier alpha value is -6.89. The Morgan fingerprint density at radius 2 is 0.929 bits per heavy atom. The first-order chi connectivity index (χ1) is 32.7. The molecule has 4 amide bonds. The van der Waals surface area contributed by atoms with Crippen molar-refractivity contribution in [1.82, 2.24) is 23.5 Å². The van der Waals surface area contributed by atoms with E-state index < -0.39 is 0 Å². The van der Waals surface area contributed by atoms with Gasteiger partial charge in [0.2, 0.25) is 19.0 Å². The summed E-state index contributed by atoms with van der Waals surface area (Å²) in [6, 6.07) is 19.5. The lowest BCUT2D eigenvalue weighted by Gasteiger charge is -2.28. The highest BCUT2D eigenvalue weighted by molar-refractivity contribution is 6.27. The van der Waals surface area contributed by atoms with Crippen molar-refractivity contribution < 1.29 is 32.9 Å². The Balaban J connectivity index is 0.00000268. The summed E-state index contributed by atoms with van der Waals surface area (Å²) >= 11 is 0. The van der Waals surface area contributed by atoms with Gasteiger partial charge in [0.05, 0.1) is 40.3 Å². The highest BCUT2D eigenvalue weighted by Crippen LogP contribution is 2.35. The van der Waals surface area contributed by atoms with Gasteiger partial charge in [-0.3, -0.25) is 29.0 Å². The third-order valence-electron chi connectivity index (χ3n) is 13.6. The van der Waals surface area contributed by atoms with Gasteiger partial charge in [0.1, 0.15) is 37.2 Å². The standard InChI is InChI=1S/C54H63N9O4.3CH3/c1-56-32-34-58(38-56)28-12-7-16-41-21-22-46-49-42(41)17-13-19-44(49)51(64)62(53(46)66)30-10-5-3-8-26-60-36-37-61(40-60)27-9-4-6-11-31-63-52(65)45-20-14-18-43-48(24-23-47(50(43)45)54(63)67)55-25-15-29-59-35-33-57(2)39-59;;;/h13-14,17-24,32-40H,3-12,15-16,25-31H2,1-2H3;3*1H3/q+2;3*-1/p+1. The summed E-state index contributed by atoms with van der Waals surface area (Å²) in [6.45, 7) is 5.32. The van der Waals surface area contributed by atoms with Crippen molar-refractivity contribution in [3.05, 3.63) is 167 Å². The molecule has 13 heteroatoms. The number of aryl methyl sites for hydroxylation is 7. The molecule has 0 aliphatic carbocycles. The highest BCUT2D eigenvalue weighted by Gasteiger charge is 2.34. The van der Waals surface area contributed by atoms with Crippen LogP contribution in [-0.2, 0) is 46.7 Å². The summed E-state index contributed by atoms with van der Waals surface area (Å²) < 4.78 is 12.9. The Labute approximate surface area is 415 Å². The third-order valence-corrected chi connectivity index (χ3v) is 13.6. The number of rotatable bonds is 24. The van der Waals surface area contributed by atoms with E-state index >= 15 is 0 Å². The summed E-state index contributed by atoms with van der Waals surface area (Å²) in [5.74, 6) is -0.769. The van der Waals surface area contributed by atoms with Crippen molar-refractivity contribution >= 4 is 50.9 Å². The van der Waals surface area contributed by atoms with E-state index in [-0.39, 0.29) is 45.9 Å². The van der Waals surface area contributed by atoms with Crippen LogP contribution in [0.15, 0.2) is 117 Å². The van der Waals surface area contributed by atoms with Crippen molar-refractivity contribution in [2.24, 2.45) is 14.1 Å². The van der Waals surface area contributed by atoms with Crippen LogP contribution in [0.5, 0.6) is 0 Å². The largest absolute Gasteiger partial charge is 0.384 e. The van der Waals surface area contributed by atoms with Gasteiger partial charge in [0.25, 0.3) is 23.6 Å². The Kier molecular flexibility index (Phi) is 18.1. The van der Waals surface area contributed by atoms with Gasteiger partial charge in [0.15, 0.2) is 0 Å². The summed E-state index contributed by atoms with van der Waals surface area (Å²) in [4.78, 5) is 57.5. The fourth-order valence-corrected chi connectivity index (χ4v) is 10.0. The number of imidazole rings is 3. The molecule has 2 aliphatic heterocycles. The lowest BCUT2D eigenvalue weighted by atomic mass is 9.89. The van der Waals surface area contributed by atoms with Crippen LogP contribution in [0, 0.1) is 22.3 Å². The number of anilines is 1. The zero-order valence-corrected chi connectivity index (χ0v) is 42.1. The van der Waals surface area contributed by atoms with Gasteiger partial charge in [-0.2, -0.15) is 0 Å². The molecule has 0 spiro atoms. The molecule has 1 N–H and O–H groups in total. The average Bonchev–Trinajstić information content (AvgIpc) is 4.10. The maximum absolute atomic E-state index is 13.7. The van der Waals surface area contributed by atoms with E-state index in [4.69, 9.17) is 0 Å². The van der Waals surface area contributed by atoms with Crippen LogP contribution in [0.25, 0.3) is 21.5 Å². The number of carbonyl (C=O) groups is 4. The molecule has 0 radical (unpaired) electrons. The van der Waals surface area contributed by atoms with E-state index in [2.05, 4.69) is 79.5 Å². The first-order valence-electron chi connectivity index (χ1n) is 24.4. The van der Waals surface area contributed by atoms with Crippen LogP contribution in [-0.4, -0.2) is 66.8 Å². The average molecular weight is 948 g/mol. The van der Waals surface area contributed by atoms with Crippen LogP contribution >= 0.6 is 0 Å². The van der Waals surface area contributed by atoms with Gasteiger partial charge in [-0.25, -0.2) is 27.4 Å². The molecule has 3 aromatic heterocycles. The summed E-state index contributed by atoms with van der Waals surface area (Å²) in [6.07, 6.45) is 30.2. The molecule has 5 heterocycles. The zero-order valence-electron chi connectivity index (χ0n) is 42.1. The number of hydrogen-bond acceptors (Lipinski definition) is 5. The Morgan fingerprint density at radius 3 is 1.51 bits per heavy atom. The smallest absolute Gasteiger partial charge is 0.261 e. The third kappa shape index (κ3) is 11.6. The normalized spacial score (nSPS) is 12.9. The van der Waals surface area contributed by atoms with Crippen molar-refractivity contribution in [3.8, 4) is 0 Å². The fourth-order valence-electron chi connectivity index (χ4n) is 10.0. The second kappa shape index (κ2) is 24.1. The second-order valence-electron chi connectivity index (χ2n) is 18.5. The number of imide groups is 2. The maximum atomic E-state index is 13.7. The van der Waals surface area contributed by atoms with Crippen molar-refractivity contribution in [1.29, 1.82) is 0 Å². The van der Waals surface area contributed by atoms with Gasteiger partial charge in [-0.05, 0) is 99.1 Å². The Morgan fingerprint density at radius 1 is 0.457 bits per heavy atom. The molecular weight excluding hydrogens is 875 g/mol. The maximum Gasteiger partial charge on any atom is 0.261 e. The van der Waals surface area contributed by atoms with Crippen LogP contribution < -0.4 is 19.0 Å². The number of carbonyl (C=O) groups excluding carboxylic acids is 4. The predicted molar refractivity (Wildman–Crippen MR) is 277 cm³/mol. The predicted octanol–water partition coefficient (Wildman–Crippen LogP) is 8.92. The van der Waals surface area contributed by atoms with E-state index in [1.165, 1.54) is 15.4 Å². The number of hydrogen-bond donors (Lipinski definition) is 1. The lowest BCUT2D eigenvalue weighted by Crippen LogP contribution is -2.41. The van der Waals surface area contributed by atoms with Gasteiger partial charge >= 0.3 is 0 Å². The number of amides is 4. The molecule has 0 bridgehead atoms. The zero-order chi connectivity index (χ0) is 46.3. The molecular formula is C57H73N9O4. The fraction of sp³-hybridized carbons (Fsp3) is 0.368. The lowest BCUT2D eigenvalue weighted by molar-refractivity contribution is -0.696. The minimum absolute atomic E-state index is 0. The summed E-state index contributed by atoms with van der Waals surface area (Å²) in [7, 11) is 4.04. The molecule has 0 unspecified atom stereocenters. The van der Waals surface area contributed by atoms with Crippen LogP contribution in [0.4, 0.5) is 5.69 Å². The minimum Gasteiger partial charge on any atom is -0.384 e. The quantitative estimate of drug-likeness (QED) is 0.0282.